The predicted molar refractivity (Wildman–Crippen MR) is 116 cm³/mol. The molecule has 0 saturated carbocycles. The van der Waals surface area contributed by atoms with E-state index in [0.29, 0.717) is 30.1 Å². The highest BCUT2D eigenvalue weighted by atomic mass is 19.1. The minimum atomic E-state index is -0.315. The first kappa shape index (κ1) is 21.2. The van der Waals surface area contributed by atoms with Crippen LogP contribution in [0.2, 0.25) is 0 Å². The van der Waals surface area contributed by atoms with Gasteiger partial charge in [-0.3, -0.25) is 9.69 Å². The number of likely N-dealkylation sites (tertiary alicyclic amines) is 1. The molecule has 4 rings (SSSR count). The monoisotopic (exact) mass is 422 g/mol. The summed E-state index contributed by atoms with van der Waals surface area (Å²) in [5, 5.41) is 7.05. The summed E-state index contributed by atoms with van der Waals surface area (Å²) >= 11 is 0. The first-order valence-corrected chi connectivity index (χ1v) is 10.7. The number of aryl methyl sites for hydroxylation is 2. The molecule has 0 spiro atoms. The second-order valence-electron chi connectivity index (χ2n) is 8.06. The van der Waals surface area contributed by atoms with Crippen molar-refractivity contribution in [3.63, 3.8) is 0 Å². The maximum absolute atomic E-state index is 13.0. The van der Waals surface area contributed by atoms with Gasteiger partial charge < -0.3 is 9.84 Å². The van der Waals surface area contributed by atoms with Crippen molar-refractivity contribution in [1.29, 1.82) is 0 Å². The maximum Gasteiger partial charge on any atom is 0.227 e. The molecule has 2 aromatic carbocycles. The van der Waals surface area contributed by atoms with Crippen molar-refractivity contribution in [2.24, 2.45) is 0 Å². The number of piperidine rings is 1. The molecule has 6 nitrogen and oxygen atoms in total. The number of amides is 1. The Labute approximate surface area is 181 Å². The molecule has 0 radical (unpaired) electrons. The van der Waals surface area contributed by atoms with Gasteiger partial charge in [0.25, 0.3) is 0 Å². The van der Waals surface area contributed by atoms with Crippen LogP contribution in [0, 0.1) is 12.7 Å². The average molecular weight is 423 g/mol. The summed E-state index contributed by atoms with van der Waals surface area (Å²) in [5.74, 6) is 0.489. The Bertz CT molecular complexity index is 1010. The van der Waals surface area contributed by atoms with E-state index < -0.39 is 0 Å². The van der Waals surface area contributed by atoms with Gasteiger partial charge in [0.1, 0.15) is 5.82 Å². The number of rotatable bonds is 7. The van der Waals surface area contributed by atoms with Gasteiger partial charge in [0.05, 0.1) is 0 Å². The number of aromatic nitrogens is 2. The van der Waals surface area contributed by atoms with Crippen LogP contribution in [0.1, 0.15) is 36.3 Å². The maximum atomic E-state index is 13.0. The molecule has 1 N–H and O–H groups in total. The fourth-order valence-electron chi connectivity index (χ4n) is 3.86. The van der Waals surface area contributed by atoms with Crippen LogP contribution < -0.4 is 5.32 Å². The molecule has 31 heavy (non-hydrogen) atoms. The zero-order chi connectivity index (χ0) is 21.6. The van der Waals surface area contributed by atoms with Gasteiger partial charge in [0.2, 0.25) is 17.6 Å². The van der Waals surface area contributed by atoms with Crippen molar-refractivity contribution in [2.45, 2.75) is 45.2 Å². The van der Waals surface area contributed by atoms with Crippen LogP contribution in [0.4, 0.5) is 4.39 Å². The third-order valence-corrected chi connectivity index (χ3v) is 5.74. The molecule has 2 heterocycles. The molecule has 7 heteroatoms. The number of carbonyl (C=O) groups is 1. The van der Waals surface area contributed by atoms with E-state index in [2.05, 4.69) is 51.5 Å². The molecule has 1 saturated heterocycles. The Balaban J connectivity index is 1.20. The van der Waals surface area contributed by atoms with E-state index in [1.54, 1.807) is 12.1 Å². The van der Waals surface area contributed by atoms with Crippen LogP contribution >= 0.6 is 0 Å². The SMILES string of the molecule is Cc1ccccc1CN1CCC(NC(=O)CCc2nc(-c3ccc(F)cc3)no2)CC1. The summed E-state index contributed by atoms with van der Waals surface area (Å²) in [4.78, 5) is 19.1. The zero-order valence-electron chi connectivity index (χ0n) is 17.7. The number of nitrogens with one attached hydrogen (secondary N) is 1. The Morgan fingerprint density at radius 3 is 2.65 bits per heavy atom. The van der Waals surface area contributed by atoms with Gasteiger partial charge in [-0.15, -0.1) is 0 Å². The van der Waals surface area contributed by atoms with Gasteiger partial charge in [-0.1, -0.05) is 29.4 Å². The molecule has 1 aliphatic rings. The summed E-state index contributed by atoms with van der Waals surface area (Å²) in [7, 11) is 0. The largest absolute Gasteiger partial charge is 0.353 e. The van der Waals surface area contributed by atoms with E-state index >= 15 is 0 Å². The molecule has 0 aliphatic carbocycles. The smallest absolute Gasteiger partial charge is 0.227 e. The number of carbonyl (C=O) groups excluding carboxylic acids is 1. The third kappa shape index (κ3) is 5.76. The molecule has 1 amide bonds. The van der Waals surface area contributed by atoms with Crippen LogP contribution in [0.15, 0.2) is 53.1 Å². The number of halogens is 1. The second-order valence-corrected chi connectivity index (χ2v) is 8.06. The Morgan fingerprint density at radius 2 is 1.90 bits per heavy atom. The van der Waals surface area contributed by atoms with Gasteiger partial charge >= 0.3 is 0 Å². The highest BCUT2D eigenvalue weighted by molar-refractivity contribution is 5.76. The van der Waals surface area contributed by atoms with Crippen molar-refractivity contribution in [3.8, 4) is 11.4 Å². The van der Waals surface area contributed by atoms with Gasteiger partial charge in [-0.25, -0.2) is 4.39 Å². The first-order valence-electron chi connectivity index (χ1n) is 10.7. The second kappa shape index (κ2) is 9.83. The van der Waals surface area contributed by atoms with Crippen LogP contribution in [0.3, 0.4) is 0 Å². The van der Waals surface area contributed by atoms with E-state index in [9.17, 15) is 9.18 Å². The van der Waals surface area contributed by atoms with E-state index in [1.807, 2.05) is 0 Å². The summed E-state index contributed by atoms with van der Waals surface area (Å²) in [6.07, 6.45) is 2.58. The molecule has 3 aromatic rings. The number of hydrogen-bond acceptors (Lipinski definition) is 5. The summed E-state index contributed by atoms with van der Waals surface area (Å²) in [6.45, 7) is 5.06. The summed E-state index contributed by atoms with van der Waals surface area (Å²) in [6, 6.07) is 14.6. The lowest BCUT2D eigenvalue weighted by molar-refractivity contribution is -0.122. The average Bonchev–Trinajstić information content (AvgIpc) is 3.25. The molecule has 162 valence electrons. The fraction of sp³-hybridized carbons (Fsp3) is 0.375. The van der Waals surface area contributed by atoms with Crippen LogP contribution in [-0.4, -0.2) is 40.1 Å². The summed E-state index contributed by atoms with van der Waals surface area (Å²) in [5.41, 5.74) is 3.37. The zero-order valence-corrected chi connectivity index (χ0v) is 17.7. The highest BCUT2D eigenvalue weighted by Crippen LogP contribution is 2.18. The Hall–Kier alpha value is -3.06. The van der Waals surface area contributed by atoms with Crippen molar-refractivity contribution in [2.75, 3.05) is 13.1 Å². The minimum Gasteiger partial charge on any atom is -0.353 e. The molecule has 1 aliphatic heterocycles. The molecule has 0 atom stereocenters. The lowest BCUT2D eigenvalue weighted by atomic mass is 10.0. The van der Waals surface area contributed by atoms with Crippen LogP contribution in [0.25, 0.3) is 11.4 Å². The van der Waals surface area contributed by atoms with E-state index in [-0.39, 0.29) is 17.8 Å². The molecular formula is C24H27FN4O2. The predicted octanol–water partition coefficient (Wildman–Crippen LogP) is 3.90. The lowest BCUT2D eigenvalue weighted by Crippen LogP contribution is -2.44. The van der Waals surface area contributed by atoms with Crippen molar-refractivity contribution >= 4 is 5.91 Å². The first-order chi connectivity index (χ1) is 15.1. The quantitative estimate of drug-likeness (QED) is 0.625. The molecule has 0 bridgehead atoms. The number of hydrogen-bond donors (Lipinski definition) is 1. The van der Waals surface area contributed by atoms with Crippen LogP contribution in [0.5, 0.6) is 0 Å². The molecule has 1 fully saturated rings. The molecule has 1 aromatic heterocycles. The fourth-order valence-corrected chi connectivity index (χ4v) is 3.86. The standard InChI is InChI=1S/C24H27FN4O2/c1-17-4-2-3-5-19(17)16-29-14-12-21(13-15-29)26-22(30)10-11-23-27-24(28-31-23)18-6-8-20(25)9-7-18/h2-9,21H,10-16H2,1H3,(H,26,30). The molecular weight excluding hydrogens is 395 g/mol. The third-order valence-electron chi connectivity index (χ3n) is 5.74. The van der Waals surface area contributed by atoms with Crippen molar-refractivity contribution in [1.82, 2.24) is 20.4 Å². The van der Waals surface area contributed by atoms with Gasteiger partial charge in [0, 0.05) is 44.1 Å². The van der Waals surface area contributed by atoms with E-state index in [1.165, 1.54) is 23.3 Å². The van der Waals surface area contributed by atoms with Gasteiger partial charge in [-0.2, -0.15) is 4.98 Å². The summed E-state index contributed by atoms with van der Waals surface area (Å²) < 4.78 is 18.3. The van der Waals surface area contributed by atoms with Gasteiger partial charge in [0.15, 0.2) is 0 Å². The number of benzene rings is 2. The van der Waals surface area contributed by atoms with Crippen LogP contribution in [-0.2, 0) is 17.8 Å². The topological polar surface area (TPSA) is 71.3 Å². The minimum absolute atomic E-state index is 0.00103. The van der Waals surface area contributed by atoms with E-state index in [4.69, 9.17) is 4.52 Å². The number of nitrogens with zero attached hydrogens (tertiary/aromatic N) is 3. The highest BCUT2D eigenvalue weighted by Gasteiger charge is 2.21. The normalized spacial score (nSPS) is 15.2. The van der Waals surface area contributed by atoms with Gasteiger partial charge in [-0.05, 0) is 55.2 Å². The van der Waals surface area contributed by atoms with Crippen molar-refractivity contribution < 1.29 is 13.7 Å². The van der Waals surface area contributed by atoms with Crippen molar-refractivity contribution in [3.05, 3.63) is 71.4 Å². The Morgan fingerprint density at radius 1 is 1.16 bits per heavy atom. The molecule has 0 unspecified atom stereocenters. The lowest BCUT2D eigenvalue weighted by Gasteiger charge is -2.32. The Kier molecular flexibility index (Phi) is 6.72. The van der Waals surface area contributed by atoms with E-state index in [0.717, 1.165) is 32.5 Å².